The molecule has 1 saturated heterocycles. The van der Waals surface area contributed by atoms with Crippen molar-refractivity contribution in [1.29, 1.82) is 0 Å². The molecule has 0 aromatic carbocycles. The Bertz CT molecular complexity index is 440. The van der Waals surface area contributed by atoms with Gasteiger partial charge in [0.25, 0.3) is 10.2 Å². The summed E-state index contributed by atoms with van der Waals surface area (Å²) in [7, 11) is -2.23. The van der Waals surface area contributed by atoms with Crippen molar-refractivity contribution >= 4 is 10.2 Å². The lowest BCUT2D eigenvalue weighted by atomic mass is 9.98. The summed E-state index contributed by atoms with van der Waals surface area (Å²) in [6.07, 6.45) is -3.54. The van der Waals surface area contributed by atoms with Crippen LogP contribution in [0.2, 0.25) is 0 Å². The molecule has 1 aliphatic heterocycles. The zero-order valence-corrected chi connectivity index (χ0v) is 12.1. The first-order chi connectivity index (χ1) is 9.20. The second-order valence-electron chi connectivity index (χ2n) is 5.59. The molecule has 2 aliphatic rings. The Morgan fingerprint density at radius 3 is 2.20 bits per heavy atom. The maximum absolute atomic E-state index is 12.8. The predicted molar refractivity (Wildman–Crippen MR) is 68.3 cm³/mol. The van der Waals surface area contributed by atoms with Crippen molar-refractivity contribution in [2.75, 3.05) is 26.7 Å². The molecule has 0 spiro atoms. The zero-order chi connectivity index (χ0) is 15.0. The highest BCUT2D eigenvalue weighted by molar-refractivity contribution is 7.87. The second-order valence-corrected chi connectivity index (χ2v) is 7.26. The monoisotopic (exact) mass is 315 g/mol. The van der Waals surface area contributed by atoms with Gasteiger partial charge in [-0.2, -0.15) is 30.6 Å². The van der Waals surface area contributed by atoms with E-state index in [1.165, 1.54) is 0 Å². The lowest BCUT2D eigenvalue weighted by molar-refractivity contribution is -0.161. The van der Waals surface area contributed by atoms with E-state index in [0.717, 1.165) is 10.8 Å². The maximum Gasteiger partial charge on any atom is 0.407 e. The van der Waals surface area contributed by atoms with Crippen LogP contribution >= 0.6 is 0 Å². The van der Waals surface area contributed by atoms with E-state index in [4.69, 9.17) is 0 Å². The Labute approximate surface area is 117 Å². The Kier molecular flexibility index (Phi) is 4.35. The van der Waals surface area contributed by atoms with Gasteiger partial charge in [0.15, 0.2) is 0 Å². The normalized spacial score (nSPS) is 24.8. The molecule has 0 unspecified atom stereocenters. The molecule has 0 radical (unpaired) electrons. The Morgan fingerprint density at radius 1 is 1.25 bits per heavy atom. The fraction of sp³-hybridized carbons (Fsp3) is 1.00. The quantitative estimate of drug-likeness (QED) is 0.790. The van der Waals surface area contributed by atoms with Gasteiger partial charge in [-0.25, -0.2) is 0 Å². The second kappa shape index (κ2) is 5.43. The van der Waals surface area contributed by atoms with Crippen LogP contribution in [0.4, 0.5) is 13.2 Å². The Morgan fingerprint density at radius 2 is 1.80 bits per heavy atom. The fourth-order valence-electron chi connectivity index (χ4n) is 2.52. The number of piperidine rings is 1. The molecular weight excluding hydrogens is 295 g/mol. The maximum atomic E-state index is 12.8. The molecule has 118 valence electrons. The summed E-state index contributed by atoms with van der Waals surface area (Å²) in [5, 5.41) is 3.03. The van der Waals surface area contributed by atoms with Crippen LogP contribution in [0.1, 0.15) is 25.7 Å². The Hall–Kier alpha value is -0.380. The van der Waals surface area contributed by atoms with Gasteiger partial charge in [-0.15, -0.1) is 0 Å². The molecule has 20 heavy (non-hydrogen) atoms. The van der Waals surface area contributed by atoms with Crippen molar-refractivity contribution in [2.45, 2.75) is 37.4 Å². The number of nitrogens with zero attached hydrogens (tertiary/aromatic N) is 1. The van der Waals surface area contributed by atoms with Gasteiger partial charge in [0.1, 0.15) is 5.54 Å². The summed E-state index contributed by atoms with van der Waals surface area (Å²) in [4.78, 5) is 0. The van der Waals surface area contributed by atoms with Crippen LogP contribution in [-0.2, 0) is 10.2 Å². The highest BCUT2D eigenvalue weighted by Crippen LogP contribution is 2.49. The van der Waals surface area contributed by atoms with Gasteiger partial charge in [0, 0.05) is 13.1 Å². The Balaban J connectivity index is 1.96. The molecule has 0 atom stereocenters. The van der Waals surface area contributed by atoms with Crippen LogP contribution < -0.4 is 10.0 Å². The SMILES string of the molecule is CNCC1CCN(S(=O)(=O)NC2(C(F)(F)F)CC2)CC1. The van der Waals surface area contributed by atoms with Crippen molar-refractivity contribution in [3.05, 3.63) is 0 Å². The van der Waals surface area contributed by atoms with Crippen LogP contribution in [-0.4, -0.2) is 51.1 Å². The molecule has 2 fully saturated rings. The molecule has 2 N–H and O–H groups in total. The van der Waals surface area contributed by atoms with E-state index in [9.17, 15) is 21.6 Å². The molecule has 9 heteroatoms. The summed E-state index contributed by atoms with van der Waals surface area (Å²) in [5.74, 6) is 0.379. The van der Waals surface area contributed by atoms with Crippen molar-refractivity contribution in [3.63, 3.8) is 0 Å². The average molecular weight is 315 g/mol. The van der Waals surface area contributed by atoms with Gasteiger partial charge in [-0.05, 0) is 45.2 Å². The highest BCUT2D eigenvalue weighted by atomic mass is 32.2. The summed E-state index contributed by atoms with van der Waals surface area (Å²) in [6, 6.07) is 0. The number of halogens is 3. The number of rotatable bonds is 5. The van der Waals surface area contributed by atoms with Gasteiger partial charge in [-0.3, -0.25) is 0 Å². The van der Waals surface area contributed by atoms with E-state index >= 15 is 0 Å². The largest absolute Gasteiger partial charge is 0.407 e. The van der Waals surface area contributed by atoms with Crippen LogP contribution in [0.15, 0.2) is 0 Å². The molecule has 5 nitrogen and oxygen atoms in total. The molecule has 0 amide bonds. The highest BCUT2D eigenvalue weighted by Gasteiger charge is 2.65. The number of alkyl halides is 3. The van der Waals surface area contributed by atoms with Crippen LogP contribution in [0.5, 0.6) is 0 Å². The van der Waals surface area contributed by atoms with Crippen molar-refractivity contribution in [2.24, 2.45) is 5.92 Å². The molecule has 1 saturated carbocycles. The van der Waals surface area contributed by atoms with E-state index in [0.29, 0.717) is 18.8 Å². The van der Waals surface area contributed by atoms with Crippen molar-refractivity contribution < 1.29 is 21.6 Å². The predicted octanol–water partition coefficient (Wildman–Crippen LogP) is 0.847. The van der Waals surface area contributed by atoms with Crippen LogP contribution in [0.3, 0.4) is 0 Å². The summed E-state index contributed by atoms with van der Waals surface area (Å²) < 4.78 is 65.5. The third-order valence-electron chi connectivity index (χ3n) is 4.02. The summed E-state index contributed by atoms with van der Waals surface area (Å²) >= 11 is 0. The first-order valence-corrected chi connectivity index (χ1v) is 8.14. The van der Waals surface area contributed by atoms with Gasteiger partial charge in [0.05, 0.1) is 0 Å². The molecule has 0 aromatic heterocycles. The molecule has 1 aliphatic carbocycles. The first-order valence-electron chi connectivity index (χ1n) is 6.70. The molecule has 2 rings (SSSR count). The van der Waals surface area contributed by atoms with E-state index in [-0.39, 0.29) is 25.9 Å². The van der Waals surface area contributed by atoms with E-state index < -0.39 is 21.9 Å². The topological polar surface area (TPSA) is 61.4 Å². The van der Waals surface area contributed by atoms with E-state index in [1.54, 1.807) is 0 Å². The van der Waals surface area contributed by atoms with Crippen molar-refractivity contribution in [1.82, 2.24) is 14.3 Å². The smallest absolute Gasteiger partial charge is 0.319 e. The van der Waals surface area contributed by atoms with E-state index in [1.807, 2.05) is 11.8 Å². The minimum absolute atomic E-state index is 0.175. The minimum atomic E-state index is -4.52. The molecular formula is C11H20F3N3O2S. The first kappa shape index (κ1) is 16.0. The number of nitrogens with one attached hydrogen (secondary N) is 2. The van der Waals surface area contributed by atoms with Gasteiger partial charge in [-0.1, -0.05) is 0 Å². The third kappa shape index (κ3) is 3.26. The lowest BCUT2D eigenvalue weighted by Gasteiger charge is -2.32. The average Bonchev–Trinajstić information content (AvgIpc) is 3.10. The van der Waals surface area contributed by atoms with Gasteiger partial charge < -0.3 is 5.32 Å². The summed E-state index contributed by atoms with van der Waals surface area (Å²) in [5.41, 5.74) is -2.23. The number of hydrogen-bond acceptors (Lipinski definition) is 3. The van der Waals surface area contributed by atoms with E-state index in [2.05, 4.69) is 5.32 Å². The standard InChI is InChI=1S/C11H20F3N3O2S/c1-15-8-9-2-6-17(7-3-9)20(18,19)16-10(4-5-10)11(12,13)14/h9,15-16H,2-8H2,1H3. The zero-order valence-electron chi connectivity index (χ0n) is 11.3. The van der Waals surface area contributed by atoms with Gasteiger partial charge in [0.2, 0.25) is 0 Å². The minimum Gasteiger partial charge on any atom is -0.319 e. The molecule has 1 heterocycles. The summed E-state index contributed by atoms with van der Waals surface area (Å²) in [6.45, 7) is 1.35. The third-order valence-corrected chi connectivity index (χ3v) is 5.72. The fourth-order valence-corrected chi connectivity index (χ4v) is 4.16. The lowest BCUT2D eigenvalue weighted by Crippen LogP contribution is -2.54. The molecule has 0 bridgehead atoms. The van der Waals surface area contributed by atoms with Crippen LogP contribution in [0.25, 0.3) is 0 Å². The molecule has 0 aromatic rings. The van der Waals surface area contributed by atoms with Gasteiger partial charge >= 0.3 is 6.18 Å². The number of hydrogen-bond donors (Lipinski definition) is 2. The van der Waals surface area contributed by atoms with Crippen molar-refractivity contribution in [3.8, 4) is 0 Å². The van der Waals surface area contributed by atoms with Crippen LogP contribution in [0, 0.1) is 5.92 Å².